The quantitative estimate of drug-likeness (QED) is 0.633. The highest BCUT2D eigenvalue weighted by atomic mass is 14.8. The highest BCUT2D eigenvalue weighted by Gasteiger charge is 2.38. The highest BCUT2D eigenvalue weighted by Crippen LogP contribution is 2.52. The number of rotatable bonds is 0. The average molecular weight is 261 g/mol. The van der Waals surface area contributed by atoms with Gasteiger partial charge >= 0.3 is 0 Å². The van der Waals surface area contributed by atoms with E-state index in [0.29, 0.717) is 0 Å². The Hall–Kier alpha value is -1.89. The third kappa shape index (κ3) is 1.30. The van der Waals surface area contributed by atoms with E-state index < -0.39 is 0 Å². The fourth-order valence-corrected chi connectivity index (χ4v) is 3.66. The first kappa shape index (κ1) is 11.9. The van der Waals surface area contributed by atoms with Crippen molar-refractivity contribution >= 4 is 11.9 Å². The van der Waals surface area contributed by atoms with Gasteiger partial charge in [0.1, 0.15) is 0 Å². The summed E-state index contributed by atoms with van der Waals surface area (Å²) in [5.74, 6) is 0. The van der Waals surface area contributed by atoms with Crippen molar-refractivity contribution in [2.75, 3.05) is 0 Å². The van der Waals surface area contributed by atoms with Gasteiger partial charge < -0.3 is 0 Å². The summed E-state index contributed by atoms with van der Waals surface area (Å²) in [5.41, 5.74) is 8.24. The average Bonchev–Trinajstić information content (AvgIpc) is 2.83. The maximum Gasteiger partial charge on any atom is 0.0670 e. The van der Waals surface area contributed by atoms with Crippen molar-refractivity contribution in [3.05, 3.63) is 53.1 Å². The summed E-state index contributed by atoms with van der Waals surface area (Å²) >= 11 is 0. The Bertz CT molecular complexity index is 763. The van der Waals surface area contributed by atoms with Crippen LogP contribution in [0.4, 0.5) is 5.69 Å². The molecule has 1 nitrogen and oxygen atoms in total. The maximum absolute atomic E-state index is 4.63. The minimum atomic E-state index is 0.0477. The van der Waals surface area contributed by atoms with Crippen LogP contribution >= 0.6 is 0 Å². The lowest BCUT2D eigenvalue weighted by atomic mass is 9.80. The normalized spacial score (nSPS) is 19.6. The van der Waals surface area contributed by atoms with E-state index in [1.165, 1.54) is 27.8 Å². The van der Waals surface area contributed by atoms with Gasteiger partial charge in [-0.2, -0.15) is 0 Å². The smallest absolute Gasteiger partial charge is 0.0670 e. The molecule has 2 aromatic carbocycles. The molecule has 4 rings (SSSR count). The number of benzene rings is 2. The maximum atomic E-state index is 4.63. The number of hydrogen-bond acceptors (Lipinski definition) is 1. The molecule has 0 N–H and O–H groups in total. The Morgan fingerprint density at radius 2 is 1.55 bits per heavy atom. The Morgan fingerprint density at radius 1 is 0.800 bits per heavy atom. The number of fused-ring (bicyclic) bond motifs is 4. The first-order chi connectivity index (χ1) is 9.41. The fraction of sp³-hybridized carbons (Fsp3) is 0.316. The highest BCUT2D eigenvalue weighted by molar-refractivity contribution is 5.90. The van der Waals surface area contributed by atoms with E-state index in [-0.39, 0.29) is 10.8 Å². The second kappa shape index (κ2) is 3.41. The summed E-state index contributed by atoms with van der Waals surface area (Å²) in [6.45, 7) is 9.10. The molecular weight excluding hydrogens is 242 g/mol. The van der Waals surface area contributed by atoms with Crippen LogP contribution in [-0.2, 0) is 10.8 Å². The molecule has 1 aliphatic heterocycles. The Balaban J connectivity index is 2.07. The van der Waals surface area contributed by atoms with E-state index in [1.807, 2.05) is 0 Å². The van der Waals surface area contributed by atoms with Crippen LogP contribution in [0.2, 0.25) is 0 Å². The zero-order chi connectivity index (χ0) is 14.1. The first-order valence-corrected chi connectivity index (χ1v) is 7.25. The van der Waals surface area contributed by atoms with Gasteiger partial charge in [0.2, 0.25) is 0 Å². The van der Waals surface area contributed by atoms with Gasteiger partial charge in [0, 0.05) is 17.0 Å². The lowest BCUT2D eigenvalue weighted by Gasteiger charge is -2.22. The monoisotopic (exact) mass is 261 g/mol. The topological polar surface area (TPSA) is 12.4 Å². The molecule has 0 unspecified atom stereocenters. The molecule has 0 aromatic heterocycles. The number of hydrogen-bond donors (Lipinski definition) is 0. The van der Waals surface area contributed by atoms with Crippen LogP contribution in [0.1, 0.15) is 44.4 Å². The molecule has 100 valence electrons. The molecule has 0 fully saturated rings. The molecule has 0 bridgehead atoms. The lowest BCUT2D eigenvalue weighted by molar-refractivity contribution is 0.659. The van der Waals surface area contributed by atoms with E-state index in [2.05, 4.69) is 75.3 Å². The molecule has 2 aliphatic rings. The molecule has 0 atom stereocenters. The molecule has 0 spiro atoms. The summed E-state index contributed by atoms with van der Waals surface area (Å²) in [4.78, 5) is 4.63. The van der Waals surface area contributed by atoms with Crippen LogP contribution < -0.4 is 0 Å². The molecule has 2 aromatic rings. The summed E-state index contributed by atoms with van der Waals surface area (Å²) in [7, 11) is 0. The van der Waals surface area contributed by atoms with Crippen LogP contribution in [0.25, 0.3) is 11.1 Å². The largest absolute Gasteiger partial charge is 0.260 e. The van der Waals surface area contributed by atoms with Gasteiger partial charge in [-0.1, -0.05) is 52.0 Å². The van der Waals surface area contributed by atoms with Gasteiger partial charge in [0.25, 0.3) is 0 Å². The lowest BCUT2D eigenvalue weighted by Crippen LogP contribution is -2.16. The van der Waals surface area contributed by atoms with Gasteiger partial charge in [0.15, 0.2) is 0 Å². The van der Waals surface area contributed by atoms with Crippen molar-refractivity contribution in [3.8, 4) is 11.1 Å². The summed E-state index contributed by atoms with van der Waals surface area (Å²) < 4.78 is 0. The van der Waals surface area contributed by atoms with Crippen LogP contribution in [0.5, 0.6) is 0 Å². The van der Waals surface area contributed by atoms with Crippen molar-refractivity contribution in [2.24, 2.45) is 4.99 Å². The summed E-state index contributed by atoms with van der Waals surface area (Å²) in [6.07, 6.45) is 2.08. The van der Waals surface area contributed by atoms with Gasteiger partial charge in [-0.05, 0) is 39.9 Å². The van der Waals surface area contributed by atoms with Crippen molar-refractivity contribution in [2.45, 2.75) is 38.5 Å². The molecule has 20 heavy (non-hydrogen) atoms. The molecule has 0 saturated carbocycles. The fourth-order valence-electron chi connectivity index (χ4n) is 3.66. The number of aliphatic imine (C=N–C) groups is 1. The number of nitrogens with zero attached hydrogens (tertiary/aromatic N) is 1. The molecule has 1 heterocycles. The van der Waals surface area contributed by atoms with Gasteiger partial charge in [0.05, 0.1) is 5.69 Å². The van der Waals surface area contributed by atoms with E-state index >= 15 is 0 Å². The summed E-state index contributed by atoms with van der Waals surface area (Å²) in [5, 5.41) is 0. The zero-order valence-corrected chi connectivity index (χ0v) is 12.5. The first-order valence-electron chi connectivity index (χ1n) is 7.25. The Morgan fingerprint density at radius 3 is 2.35 bits per heavy atom. The second-order valence-electron chi connectivity index (χ2n) is 7.07. The molecule has 0 saturated heterocycles. The van der Waals surface area contributed by atoms with Crippen LogP contribution in [0.3, 0.4) is 0 Å². The van der Waals surface area contributed by atoms with Gasteiger partial charge in [-0.25, -0.2) is 0 Å². The van der Waals surface area contributed by atoms with E-state index in [0.717, 1.165) is 5.69 Å². The third-order valence-electron chi connectivity index (χ3n) is 4.92. The van der Waals surface area contributed by atoms with Gasteiger partial charge in [-0.15, -0.1) is 0 Å². The van der Waals surface area contributed by atoms with Crippen molar-refractivity contribution in [1.29, 1.82) is 0 Å². The molecule has 0 amide bonds. The standard InChI is InChI=1S/C19H19N/c1-18(2)11-20-17-10-15-13(9-16(17)18)12-7-5-6-8-14(12)19(15,3)4/h5-11H,1-4H3. The minimum Gasteiger partial charge on any atom is -0.260 e. The van der Waals surface area contributed by atoms with E-state index in [4.69, 9.17) is 0 Å². The second-order valence-corrected chi connectivity index (χ2v) is 7.07. The zero-order valence-electron chi connectivity index (χ0n) is 12.5. The summed E-state index contributed by atoms with van der Waals surface area (Å²) in [6, 6.07) is 13.5. The molecule has 1 aliphatic carbocycles. The van der Waals surface area contributed by atoms with Crippen LogP contribution in [0, 0.1) is 0 Å². The van der Waals surface area contributed by atoms with Crippen molar-refractivity contribution < 1.29 is 0 Å². The molecule has 0 radical (unpaired) electrons. The minimum absolute atomic E-state index is 0.0477. The van der Waals surface area contributed by atoms with E-state index in [1.54, 1.807) is 0 Å². The SMILES string of the molecule is CC1(C)C=Nc2cc3c(cc21)-c1ccccc1C3(C)C. The van der Waals surface area contributed by atoms with Crippen molar-refractivity contribution in [1.82, 2.24) is 0 Å². The molecular formula is C19H19N. The van der Waals surface area contributed by atoms with Gasteiger partial charge in [-0.3, -0.25) is 4.99 Å². The molecule has 1 heteroatoms. The predicted molar refractivity (Wildman–Crippen MR) is 85.2 cm³/mol. The van der Waals surface area contributed by atoms with Crippen LogP contribution in [0.15, 0.2) is 41.4 Å². The van der Waals surface area contributed by atoms with Crippen LogP contribution in [-0.4, -0.2) is 6.21 Å². The third-order valence-corrected chi connectivity index (χ3v) is 4.92. The predicted octanol–water partition coefficient (Wildman–Crippen LogP) is 4.99. The van der Waals surface area contributed by atoms with E-state index in [9.17, 15) is 0 Å². The van der Waals surface area contributed by atoms with Crippen molar-refractivity contribution in [3.63, 3.8) is 0 Å². The Labute approximate surface area is 120 Å². The Kier molecular flexibility index (Phi) is 2.03.